The van der Waals surface area contributed by atoms with Gasteiger partial charge in [-0.1, -0.05) is 170 Å². The fraction of sp³-hybridized carbons (Fsp3) is 0. The molecule has 0 saturated carbocycles. The van der Waals surface area contributed by atoms with Crippen molar-refractivity contribution < 1.29 is 0 Å². The van der Waals surface area contributed by atoms with E-state index in [0.29, 0.717) is 0 Å². The predicted molar refractivity (Wildman–Crippen MR) is 200 cm³/mol. The molecular formula is C46H33N. The summed E-state index contributed by atoms with van der Waals surface area (Å²) in [6.07, 6.45) is 0. The minimum Gasteiger partial charge on any atom is -0.309 e. The Hall–Kier alpha value is -6.18. The summed E-state index contributed by atoms with van der Waals surface area (Å²) in [4.78, 5) is 2.42. The molecule has 0 amide bonds. The van der Waals surface area contributed by atoms with Crippen LogP contribution in [0.15, 0.2) is 200 Å². The molecule has 0 aliphatic heterocycles. The zero-order valence-corrected chi connectivity index (χ0v) is 26.0. The molecule has 8 aromatic rings. The number of anilines is 3. The summed E-state index contributed by atoms with van der Waals surface area (Å²) in [5.74, 6) is 0. The molecule has 0 bridgehead atoms. The van der Waals surface area contributed by atoms with Crippen LogP contribution in [0.4, 0.5) is 17.1 Å². The van der Waals surface area contributed by atoms with Crippen LogP contribution >= 0.6 is 0 Å². The Morgan fingerprint density at radius 3 is 1.47 bits per heavy atom. The fourth-order valence-electron chi connectivity index (χ4n) is 6.50. The highest BCUT2D eigenvalue weighted by atomic mass is 15.1. The summed E-state index contributed by atoms with van der Waals surface area (Å²) in [5.41, 5.74) is 12.9. The zero-order chi connectivity index (χ0) is 31.4. The lowest BCUT2D eigenvalue weighted by Gasteiger charge is -2.30. The van der Waals surface area contributed by atoms with Gasteiger partial charge >= 0.3 is 0 Å². The largest absolute Gasteiger partial charge is 0.309 e. The van der Waals surface area contributed by atoms with Crippen molar-refractivity contribution >= 4 is 27.8 Å². The first-order chi connectivity index (χ1) is 23.3. The first-order valence-electron chi connectivity index (χ1n) is 16.1. The van der Waals surface area contributed by atoms with Crippen molar-refractivity contribution in [3.05, 3.63) is 200 Å². The van der Waals surface area contributed by atoms with E-state index in [4.69, 9.17) is 0 Å². The third-order valence-electron chi connectivity index (χ3n) is 8.87. The smallest absolute Gasteiger partial charge is 0.0546 e. The molecule has 0 saturated heterocycles. The maximum absolute atomic E-state index is 2.42. The molecule has 8 rings (SSSR count). The Morgan fingerprint density at radius 2 is 0.723 bits per heavy atom. The van der Waals surface area contributed by atoms with Crippen molar-refractivity contribution in [2.75, 3.05) is 4.90 Å². The molecule has 8 aromatic carbocycles. The molecule has 47 heavy (non-hydrogen) atoms. The summed E-state index contributed by atoms with van der Waals surface area (Å²) >= 11 is 0. The van der Waals surface area contributed by atoms with Gasteiger partial charge in [0.1, 0.15) is 0 Å². The molecule has 0 atom stereocenters. The highest BCUT2D eigenvalue weighted by Crippen LogP contribution is 2.46. The van der Waals surface area contributed by atoms with Gasteiger partial charge in [0, 0.05) is 16.8 Å². The van der Waals surface area contributed by atoms with Crippen molar-refractivity contribution in [3.8, 4) is 44.5 Å². The average Bonchev–Trinajstić information content (AvgIpc) is 3.16. The third-order valence-corrected chi connectivity index (χ3v) is 8.87. The molecule has 0 aliphatic rings. The number of hydrogen-bond acceptors (Lipinski definition) is 1. The monoisotopic (exact) mass is 599 g/mol. The standard InChI is InChI=1S/C46H33N/c1-4-14-34(15-5-1)36-24-27-38(28-25-36)43-22-12-13-23-45(43)47(42-20-8-3-9-21-42)46-33-41(30-31-44(46)37-17-6-2-7-18-37)40-29-26-35-16-10-11-19-39(35)32-40/h1-33H. The summed E-state index contributed by atoms with van der Waals surface area (Å²) in [5, 5.41) is 2.48. The van der Waals surface area contributed by atoms with Gasteiger partial charge in [0.05, 0.1) is 11.4 Å². The number of nitrogens with zero attached hydrogens (tertiary/aromatic N) is 1. The number of para-hydroxylation sites is 2. The van der Waals surface area contributed by atoms with Crippen LogP contribution in [0, 0.1) is 0 Å². The number of fused-ring (bicyclic) bond motifs is 1. The van der Waals surface area contributed by atoms with Gasteiger partial charge in [-0.2, -0.15) is 0 Å². The Labute approximate surface area is 276 Å². The van der Waals surface area contributed by atoms with Gasteiger partial charge in [0.25, 0.3) is 0 Å². The van der Waals surface area contributed by atoms with Gasteiger partial charge in [0.2, 0.25) is 0 Å². The van der Waals surface area contributed by atoms with Crippen LogP contribution in [0.2, 0.25) is 0 Å². The molecule has 1 heteroatoms. The van der Waals surface area contributed by atoms with Crippen molar-refractivity contribution in [1.29, 1.82) is 0 Å². The highest BCUT2D eigenvalue weighted by molar-refractivity contribution is 5.96. The second kappa shape index (κ2) is 12.7. The third kappa shape index (κ3) is 5.72. The molecule has 1 nitrogen and oxygen atoms in total. The molecule has 0 heterocycles. The lowest BCUT2D eigenvalue weighted by Crippen LogP contribution is -2.12. The molecular weight excluding hydrogens is 567 g/mol. The Morgan fingerprint density at radius 1 is 0.255 bits per heavy atom. The van der Waals surface area contributed by atoms with Crippen molar-refractivity contribution in [1.82, 2.24) is 0 Å². The van der Waals surface area contributed by atoms with Gasteiger partial charge in [0.15, 0.2) is 0 Å². The SMILES string of the molecule is c1ccc(-c2ccc(-c3ccccc3N(c3ccccc3)c3cc(-c4ccc5ccccc5c4)ccc3-c3ccccc3)cc2)cc1. The number of benzene rings is 8. The summed E-state index contributed by atoms with van der Waals surface area (Å²) in [7, 11) is 0. The molecule has 0 fully saturated rings. The molecule has 222 valence electrons. The highest BCUT2D eigenvalue weighted by Gasteiger charge is 2.21. The molecule has 0 aliphatic carbocycles. The lowest BCUT2D eigenvalue weighted by molar-refractivity contribution is 1.28. The maximum atomic E-state index is 2.42. The van der Waals surface area contributed by atoms with E-state index in [1.54, 1.807) is 0 Å². The lowest BCUT2D eigenvalue weighted by atomic mass is 9.94. The van der Waals surface area contributed by atoms with Crippen LogP contribution < -0.4 is 4.90 Å². The number of rotatable bonds is 7. The Balaban J connectivity index is 1.33. The van der Waals surface area contributed by atoms with Gasteiger partial charge < -0.3 is 4.90 Å². The summed E-state index contributed by atoms with van der Waals surface area (Å²) in [6, 6.07) is 71.9. The first-order valence-corrected chi connectivity index (χ1v) is 16.1. The van der Waals surface area contributed by atoms with Gasteiger partial charge in [-0.15, -0.1) is 0 Å². The van der Waals surface area contributed by atoms with Crippen LogP contribution in [0.1, 0.15) is 0 Å². The quantitative estimate of drug-likeness (QED) is 0.176. The van der Waals surface area contributed by atoms with Gasteiger partial charge in [-0.05, 0) is 74.5 Å². The van der Waals surface area contributed by atoms with Crippen molar-refractivity contribution in [2.45, 2.75) is 0 Å². The van der Waals surface area contributed by atoms with E-state index in [9.17, 15) is 0 Å². The average molecular weight is 600 g/mol. The molecule has 0 aromatic heterocycles. The second-order valence-electron chi connectivity index (χ2n) is 11.8. The number of hydrogen-bond donors (Lipinski definition) is 0. The minimum absolute atomic E-state index is 1.11. The maximum Gasteiger partial charge on any atom is 0.0546 e. The first kappa shape index (κ1) is 28.3. The zero-order valence-electron chi connectivity index (χ0n) is 26.0. The van der Waals surface area contributed by atoms with Crippen molar-refractivity contribution in [2.24, 2.45) is 0 Å². The van der Waals surface area contributed by atoms with Gasteiger partial charge in [-0.3, -0.25) is 0 Å². The van der Waals surface area contributed by atoms with E-state index in [1.807, 2.05) is 0 Å². The normalized spacial score (nSPS) is 11.0. The van der Waals surface area contributed by atoms with Crippen LogP contribution in [0.3, 0.4) is 0 Å². The van der Waals surface area contributed by atoms with Crippen LogP contribution in [0.25, 0.3) is 55.3 Å². The van der Waals surface area contributed by atoms with E-state index >= 15 is 0 Å². The van der Waals surface area contributed by atoms with Crippen molar-refractivity contribution in [3.63, 3.8) is 0 Å². The molecule has 0 radical (unpaired) electrons. The second-order valence-corrected chi connectivity index (χ2v) is 11.8. The fourth-order valence-corrected chi connectivity index (χ4v) is 6.50. The van der Waals surface area contributed by atoms with E-state index < -0.39 is 0 Å². The summed E-state index contributed by atoms with van der Waals surface area (Å²) in [6.45, 7) is 0. The topological polar surface area (TPSA) is 3.24 Å². The van der Waals surface area contributed by atoms with Gasteiger partial charge in [-0.25, -0.2) is 0 Å². The van der Waals surface area contributed by atoms with E-state index in [0.717, 1.165) is 17.1 Å². The van der Waals surface area contributed by atoms with E-state index in [2.05, 4.69) is 205 Å². The van der Waals surface area contributed by atoms with E-state index in [-0.39, 0.29) is 0 Å². The molecule has 0 N–H and O–H groups in total. The molecule has 0 spiro atoms. The van der Waals surface area contributed by atoms with Crippen LogP contribution in [-0.2, 0) is 0 Å². The summed E-state index contributed by atoms with van der Waals surface area (Å²) < 4.78 is 0. The van der Waals surface area contributed by atoms with Crippen LogP contribution in [-0.4, -0.2) is 0 Å². The van der Waals surface area contributed by atoms with Crippen LogP contribution in [0.5, 0.6) is 0 Å². The molecule has 0 unspecified atom stereocenters. The Kier molecular flexibility index (Phi) is 7.63. The predicted octanol–water partition coefficient (Wildman–Crippen LogP) is 13.0. The van der Waals surface area contributed by atoms with E-state index in [1.165, 1.54) is 55.3 Å². The Bertz CT molecular complexity index is 2270. The minimum atomic E-state index is 1.11.